The van der Waals surface area contributed by atoms with E-state index < -0.39 is 0 Å². The Labute approximate surface area is 129 Å². The van der Waals surface area contributed by atoms with Crippen molar-refractivity contribution >= 4 is 0 Å². The van der Waals surface area contributed by atoms with E-state index in [0.717, 1.165) is 12.3 Å². The number of likely N-dealkylation sites (N-methyl/N-ethyl adjacent to an activating group) is 3. The summed E-state index contributed by atoms with van der Waals surface area (Å²) >= 11 is 0. The van der Waals surface area contributed by atoms with Crippen molar-refractivity contribution in [2.75, 3.05) is 47.9 Å². The Morgan fingerprint density at radius 2 is 2.29 bits per heavy atom. The number of piperidine rings is 1. The van der Waals surface area contributed by atoms with Crippen LogP contribution < -0.4 is 10.1 Å². The standard InChI is InChI=1S/C17H29N3O/c1-18-17(14-7-5-9-16(11-14)21-4)13-20(3)15-8-6-10-19(2)12-15/h5,7,9,11,15,17-18H,6,8,10,12-13H2,1-4H3. The number of methoxy groups -OCH3 is 1. The van der Waals surface area contributed by atoms with Crippen molar-refractivity contribution in [1.29, 1.82) is 0 Å². The number of hydrogen-bond acceptors (Lipinski definition) is 4. The van der Waals surface area contributed by atoms with Crippen molar-refractivity contribution in [2.24, 2.45) is 0 Å². The van der Waals surface area contributed by atoms with Crippen molar-refractivity contribution in [3.63, 3.8) is 0 Å². The summed E-state index contributed by atoms with van der Waals surface area (Å²) in [6.07, 6.45) is 2.60. The Balaban J connectivity index is 2.00. The fraction of sp³-hybridized carbons (Fsp3) is 0.647. The zero-order valence-corrected chi connectivity index (χ0v) is 13.8. The Bertz CT molecular complexity index is 438. The summed E-state index contributed by atoms with van der Waals surface area (Å²) < 4.78 is 5.34. The monoisotopic (exact) mass is 291 g/mol. The fourth-order valence-corrected chi connectivity index (χ4v) is 3.16. The van der Waals surface area contributed by atoms with Gasteiger partial charge in [-0.05, 0) is 58.2 Å². The average molecular weight is 291 g/mol. The molecule has 2 rings (SSSR count). The summed E-state index contributed by atoms with van der Waals surface area (Å²) in [6.45, 7) is 3.42. The Morgan fingerprint density at radius 1 is 1.48 bits per heavy atom. The molecule has 1 saturated heterocycles. The smallest absolute Gasteiger partial charge is 0.119 e. The van der Waals surface area contributed by atoms with Crippen molar-refractivity contribution in [2.45, 2.75) is 24.9 Å². The SMILES string of the molecule is CNC(CN(C)C1CCCN(C)C1)c1cccc(OC)c1. The molecule has 2 atom stereocenters. The number of nitrogens with one attached hydrogen (secondary N) is 1. The molecule has 1 N–H and O–H groups in total. The van der Waals surface area contributed by atoms with Gasteiger partial charge in [-0.25, -0.2) is 0 Å². The molecule has 1 aromatic carbocycles. The van der Waals surface area contributed by atoms with Gasteiger partial charge in [0.25, 0.3) is 0 Å². The van der Waals surface area contributed by atoms with Crippen LogP contribution in [0.2, 0.25) is 0 Å². The summed E-state index contributed by atoms with van der Waals surface area (Å²) in [4.78, 5) is 4.93. The third kappa shape index (κ3) is 4.43. The topological polar surface area (TPSA) is 27.7 Å². The maximum atomic E-state index is 5.34. The van der Waals surface area contributed by atoms with Crippen molar-refractivity contribution in [3.05, 3.63) is 29.8 Å². The molecule has 0 aliphatic carbocycles. The predicted octanol–water partition coefficient (Wildman–Crippen LogP) is 1.98. The molecule has 0 amide bonds. The van der Waals surface area contributed by atoms with Gasteiger partial charge in [-0.1, -0.05) is 12.1 Å². The van der Waals surface area contributed by atoms with Gasteiger partial charge in [-0.15, -0.1) is 0 Å². The number of hydrogen-bond donors (Lipinski definition) is 1. The van der Waals surface area contributed by atoms with Gasteiger partial charge in [0.1, 0.15) is 5.75 Å². The molecule has 1 heterocycles. The van der Waals surface area contributed by atoms with E-state index in [1.165, 1.54) is 31.5 Å². The molecule has 4 heteroatoms. The second kappa shape index (κ2) is 7.78. The largest absolute Gasteiger partial charge is 0.497 e. The minimum absolute atomic E-state index is 0.331. The van der Waals surface area contributed by atoms with Crippen LogP contribution in [0.4, 0.5) is 0 Å². The van der Waals surface area contributed by atoms with Crippen LogP contribution in [0.5, 0.6) is 5.75 Å². The molecular weight excluding hydrogens is 262 g/mol. The molecule has 118 valence electrons. The highest BCUT2D eigenvalue weighted by molar-refractivity contribution is 5.30. The third-order valence-electron chi connectivity index (χ3n) is 4.54. The number of ether oxygens (including phenoxy) is 1. The first-order valence-corrected chi connectivity index (χ1v) is 7.84. The molecule has 2 unspecified atom stereocenters. The van der Waals surface area contributed by atoms with E-state index in [1.807, 2.05) is 13.1 Å². The summed E-state index contributed by atoms with van der Waals surface area (Å²) in [6, 6.07) is 9.35. The second-order valence-corrected chi connectivity index (χ2v) is 6.12. The van der Waals surface area contributed by atoms with Crippen LogP contribution >= 0.6 is 0 Å². The van der Waals surface area contributed by atoms with Gasteiger partial charge in [0.05, 0.1) is 7.11 Å². The quantitative estimate of drug-likeness (QED) is 0.867. The van der Waals surface area contributed by atoms with Crippen LogP contribution in [-0.2, 0) is 0 Å². The fourth-order valence-electron chi connectivity index (χ4n) is 3.16. The maximum Gasteiger partial charge on any atom is 0.119 e. The molecule has 0 radical (unpaired) electrons. The molecular formula is C17H29N3O. The lowest BCUT2D eigenvalue weighted by atomic mass is 10.0. The van der Waals surface area contributed by atoms with Crippen LogP contribution in [0.1, 0.15) is 24.4 Å². The number of rotatable bonds is 6. The molecule has 0 spiro atoms. The van der Waals surface area contributed by atoms with Gasteiger partial charge in [0.15, 0.2) is 0 Å². The summed E-state index contributed by atoms with van der Waals surface area (Å²) in [5.41, 5.74) is 1.29. The lowest BCUT2D eigenvalue weighted by molar-refractivity contribution is 0.126. The van der Waals surface area contributed by atoms with Gasteiger partial charge < -0.3 is 19.9 Å². The van der Waals surface area contributed by atoms with E-state index in [4.69, 9.17) is 4.74 Å². The highest BCUT2D eigenvalue weighted by Crippen LogP contribution is 2.21. The first-order valence-electron chi connectivity index (χ1n) is 7.84. The van der Waals surface area contributed by atoms with E-state index in [2.05, 4.69) is 47.4 Å². The van der Waals surface area contributed by atoms with E-state index in [9.17, 15) is 0 Å². The number of benzene rings is 1. The van der Waals surface area contributed by atoms with Gasteiger partial charge in [-0.2, -0.15) is 0 Å². The Kier molecular flexibility index (Phi) is 6.03. The normalized spacial score (nSPS) is 21.5. The zero-order valence-electron chi connectivity index (χ0n) is 13.8. The molecule has 1 fully saturated rings. The first-order chi connectivity index (χ1) is 10.1. The first kappa shape index (κ1) is 16.3. The molecule has 1 aliphatic rings. The average Bonchev–Trinajstić information content (AvgIpc) is 2.52. The van der Waals surface area contributed by atoms with E-state index in [-0.39, 0.29) is 0 Å². The molecule has 21 heavy (non-hydrogen) atoms. The minimum Gasteiger partial charge on any atom is -0.497 e. The van der Waals surface area contributed by atoms with Gasteiger partial charge >= 0.3 is 0 Å². The molecule has 4 nitrogen and oxygen atoms in total. The zero-order chi connectivity index (χ0) is 15.2. The van der Waals surface area contributed by atoms with Crippen molar-refractivity contribution < 1.29 is 4.74 Å². The highest BCUT2D eigenvalue weighted by Gasteiger charge is 2.23. The van der Waals surface area contributed by atoms with Crippen LogP contribution in [0.25, 0.3) is 0 Å². The van der Waals surface area contributed by atoms with Crippen molar-refractivity contribution in [3.8, 4) is 5.75 Å². The summed E-state index contributed by atoms with van der Waals surface area (Å²) in [5.74, 6) is 0.924. The Hall–Kier alpha value is -1.10. The van der Waals surface area contributed by atoms with Crippen LogP contribution in [0.3, 0.4) is 0 Å². The summed E-state index contributed by atoms with van der Waals surface area (Å²) in [7, 11) is 8.22. The lowest BCUT2D eigenvalue weighted by Gasteiger charge is -2.37. The molecule has 1 aliphatic heterocycles. The van der Waals surface area contributed by atoms with Gasteiger partial charge in [0.2, 0.25) is 0 Å². The van der Waals surface area contributed by atoms with Gasteiger partial charge in [-0.3, -0.25) is 0 Å². The van der Waals surface area contributed by atoms with E-state index in [0.29, 0.717) is 12.1 Å². The lowest BCUT2D eigenvalue weighted by Crippen LogP contribution is -2.47. The maximum absolute atomic E-state index is 5.34. The number of likely N-dealkylation sites (tertiary alicyclic amines) is 1. The van der Waals surface area contributed by atoms with E-state index in [1.54, 1.807) is 7.11 Å². The van der Waals surface area contributed by atoms with Crippen molar-refractivity contribution in [1.82, 2.24) is 15.1 Å². The Morgan fingerprint density at radius 3 is 2.95 bits per heavy atom. The molecule has 1 aromatic rings. The third-order valence-corrected chi connectivity index (χ3v) is 4.54. The van der Waals surface area contributed by atoms with Gasteiger partial charge in [0, 0.05) is 25.2 Å². The molecule has 0 bridgehead atoms. The second-order valence-electron chi connectivity index (χ2n) is 6.12. The predicted molar refractivity (Wildman–Crippen MR) is 87.9 cm³/mol. The van der Waals surface area contributed by atoms with Crippen LogP contribution in [0.15, 0.2) is 24.3 Å². The molecule has 0 saturated carbocycles. The summed E-state index contributed by atoms with van der Waals surface area (Å²) in [5, 5.41) is 3.44. The molecule has 0 aromatic heterocycles. The minimum atomic E-state index is 0.331. The van der Waals surface area contributed by atoms with E-state index >= 15 is 0 Å². The highest BCUT2D eigenvalue weighted by atomic mass is 16.5. The van der Waals surface area contributed by atoms with Crippen LogP contribution in [0, 0.1) is 0 Å². The van der Waals surface area contributed by atoms with Crippen LogP contribution in [-0.4, -0.2) is 63.7 Å². The number of nitrogens with zero attached hydrogens (tertiary/aromatic N) is 2.